The summed E-state index contributed by atoms with van der Waals surface area (Å²) in [4.78, 5) is 16.9. The fourth-order valence-corrected chi connectivity index (χ4v) is 0.148. The van der Waals surface area contributed by atoms with E-state index in [-0.39, 0.29) is 0 Å². The minimum atomic E-state index is -2.90. The summed E-state index contributed by atoms with van der Waals surface area (Å²) >= 11 is 2.05. The molecule has 0 aromatic heterocycles. The Bertz CT molecular complexity index is 205. The van der Waals surface area contributed by atoms with Gasteiger partial charge in [0.1, 0.15) is 25.8 Å². The zero-order chi connectivity index (χ0) is 8.36. The van der Waals surface area contributed by atoms with Crippen LogP contribution in [0.1, 0.15) is 0 Å². The van der Waals surface area contributed by atoms with Crippen molar-refractivity contribution in [3.05, 3.63) is 20.2 Å². The highest BCUT2D eigenvalue weighted by atomic mass is 79.9. The van der Waals surface area contributed by atoms with Gasteiger partial charge in [-0.05, 0) is 0 Å². The van der Waals surface area contributed by atoms with Crippen LogP contribution >= 0.6 is 15.9 Å². The second kappa shape index (κ2) is 2.57. The van der Waals surface area contributed by atoms with Gasteiger partial charge in [0.15, 0.2) is 0 Å². The van der Waals surface area contributed by atoms with Crippen LogP contribution in [0.2, 0.25) is 0 Å². The first-order valence-corrected chi connectivity index (χ1v) is 2.63. The van der Waals surface area contributed by atoms with Crippen molar-refractivity contribution in [2.75, 3.05) is 0 Å². The van der Waals surface area contributed by atoms with Gasteiger partial charge in [0.25, 0.3) is 0 Å². The zero-order valence-corrected chi connectivity index (χ0v) is 5.94. The molecule has 0 amide bonds. The van der Waals surface area contributed by atoms with Crippen LogP contribution in [0.4, 0.5) is 0 Å². The highest BCUT2D eigenvalue weighted by Crippen LogP contribution is 2.17. The Labute approximate surface area is 62.7 Å². The number of rotatable bonds is 2. The first kappa shape index (κ1) is 8.77. The van der Waals surface area contributed by atoms with E-state index in [1.807, 2.05) is 0 Å². The zero-order valence-electron chi connectivity index (χ0n) is 4.35. The summed E-state index contributed by atoms with van der Waals surface area (Å²) in [6.45, 7) is 0. The van der Waals surface area contributed by atoms with E-state index in [0.717, 1.165) is 6.07 Å². The van der Waals surface area contributed by atoms with E-state index in [2.05, 4.69) is 15.9 Å². The Hall–Kier alpha value is -1.23. The Morgan fingerprint density at radius 1 is 1.40 bits per heavy atom. The molecule has 0 fully saturated rings. The van der Waals surface area contributed by atoms with Crippen molar-refractivity contribution in [2.24, 2.45) is 0 Å². The van der Waals surface area contributed by atoms with Crippen LogP contribution in [-0.2, 0) is 0 Å². The summed E-state index contributed by atoms with van der Waals surface area (Å²) in [6, 6.07) is 0.896. The van der Waals surface area contributed by atoms with E-state index >= 15 is 0 Å². The first-order valence-electron chi connectivity index (χ1n) is 1.84. The van der Waals surface area contributed by atoms with E-state index in [0.29, 0.717) is 0 Å². The van der Waals surface area contributed by atoms with Crippen molar-refractivity contribution in [1.29, 1.82) is 5.26 Å². The minimum Gasteiger partial charge on any atom is -0.257 e. The van der Waals surface area contributed by atoms with Crippen LogP contribution in [0.15, 0.2) is 0 Å². The molecule has 54 valence electrons. The highest BCUT2D eigenvalue weighted by Gasteiger charge is 2.54. The molecule has 0 rings (SSSR count). The minimum absolute atomic E-state index is 0.896. The van der Waals surface area contributed by atoms with Crippen LogP contribution in [0.5, 0.6) is 0 Å². The molecule has 0 saturated heterocycles. The van der Waals surface area contributed by atoms with Gasteiger partial charge >= 0.3 is 4.57 Å². The Kier molecular flexibility index (Phi) is 2.25. The lowest BCUT2D eigenvalue weighted by Crippen LogP contribution is -2.38. The van der Waals surface area contributed by atoms with Crippen LogP contribution in [0.25, 0.3) is 0 Å². The highest BCUT2D eigenvalue weighted by molar-refractivity contribution is 9.10. The number of hydrogen-bond donors (Lipinski definition) is 0. The maximum atomic E-state index is 9.79. The molecule has 0 unspecified atom stereocenters. The van der Waals surface area contributed by atoms with E-state index in [4.69, 9.17) is 5.26 Å². The van der Waals surface area contributed by atoms with Crippen LogP contribution < -0.4 is 0 Å². The molecule has 0 aliphatic heterocycles. The Morgan fingerprint density at radius 3 is 1.70 bits per heavy atom. The average Bonchev–Trinajstić information content (AvgIpc) is 1.85. The van der Waals surface area contributed by atoms with Crippen molar-refractivity contribution < 1.29 is 9.85 Å². The standard InChI is InChI=1S/C2BrN3O4/c3-2(1-4,5(7)8)6(9)10. The van der Waals surface area contributed by atoms with Crippen molar-refractivity contribution in [1.82, 2.24) is 0 Å². The van der Waals surface area contributed by atoms with Crippen molar-refractivity contribution >= 4 is 15.9 Å². The largest absolute Gasteiger partial charge is 0.597 e. The molecule has 0 bridgehead atoms. The van der Waals surface area contributed by atoms with E-state index in [1.54, 1.807) is 0 Å². The van der Waals surface area contributed by atoms with Crippen LogP contribution in [-0.4, -0.2) is 14.4 Å². The van der Waals surface area contributed by atoms with E-state index < -0.39 is 14.4 Å². The molecule has 0 heterocycles. The van der Waals surface area contributed by atoms with Crippen molar-refractivity contribution in [3.8, 4) is 6.07 Å². The predicted octanol–water partition coefficient (Wildman–Crippen LogP) is 0.112. The third-order valence-corrected chi connectivity index (χ3v) is 1.38. The molecule has 0 atom stereocenters. The van der Waals surface area contributed by atoms with Gasteiger partial charge in [-0.1, -0.05) is 0 Å². The quantitative estimate of drug-likeness (QED) is 0.211. The summed E-state index contributed by atoms with van der Waals surface area (Å²) in [6.07, 6.45) is 0. The summed E-state index contributed by atoms with van der Waals surface area (Å²) < 4.78 is -2.90. The first-order chi connectivity index (χ1) is 4.45. The molecule has 0 aliphatic carbocycles. The lowest BCUT2D eigenvalue weighted by Gasteiger charge is -1.98. The predicted molar refractivity (Wildman–Crippen MR) is 31.3 cm³/mol. The SMILES string of the molecule is N#CC(Br)([N+](=O)[O-])[N+](=O)[O-]. The molecule has 0 N–H and O–H groups in total. The van der Waals surface area contributed by atoms with Gasteiger partial charge in [-0.2, -0.15) is 5.26 Å². The van der Waals surface area contributed by atoms with E-state index in [9.17, 15) is 20.2 Å². The van der Waals surface area contributed by atoms with Gasteiger partial charge in [-0.25, -0.2) is 0 Å². The normalized spacial score (nSPS) is 10.0. The fraction of sp³-hybridized carbons (Fsp3) is 0.500. The molecular weight excluding hydrogens is 210 g/mol. The maximum absolute atomic E-state index is 9.79. The molecule has 7 nitrogen and oxygen atoms in total. The van der Waals surface area contributed by atoms with Gasteiger partial charge in [-0.15, -0.1) is 0 Å². The smallest absolute Gasteiger partial charge is 0.257 e. The van der Waals surface area contributed by atoms with Gasteiger partial charge in [0, 0.05) is 0 Å². The number of nitriles is 1. The number of halogens is 1. The second-order valence-corrected chi connectivity index (χ2v) is 2.32. The fourth-order valence-electron chi connectivity index (χ4n) is 0.148. The van der Waals surface area contributed by atoms with Crippen molar-refractivity contribution in [3.63, 3.8) is 0 Å². The van der Waals surface area contributed by atoms with Crippen LogP contribution in [0.3, 0.4) is 0 Å². The maximum Gasteiger partial charge on any atom is 0.597 e. The number of hydrogen-bond acceptors (Lipinski definition) is 5. The molecule has 0 spiro atoms. The molecule has 0 aromatic rings. The third kappa shape index (κ3) is 1.19. The Morgan fingerprint density at radius 2 is 1.70 bits per heavy atom. The Balaban J connectivity index is 4.78. The molecule has 10 heavy (non-hydrogen) atoms. The molecule has 0 radical (unpaired) electrons. The molecular formula is C2BrN3O4. The number of nitro groups is 2. The summed E-state index contributed by atoms with van der Waals surface area (Å²) in [5, 5.41) is 27.5. The van der Waals surface area contributed by atoms with Gasteiger partial charge < -0.3 is 0 Å². The topological polar surface area (TPSA) is 110 Å². The molecule has 0 aliphatic rings. The van der Waals surface area contributed by atoms with Gasteiger partial charge in [0.05, 0.1) is 0 Å². The van der Waals surface area contributed by atoms with Gasteiger partial charge in [0.2, 0.25) is 6.07 Å². The van der Waals surface area contributed by atoms with Gasteiger partial charge in [-0.3, -0.25) is 20.2 Å². The summed E-state index contributed by atoms with van der Waals surface area (Å²) in [5.74, 6) is 0. The second-order valence-electron chi connectivity index (χ2n) is 1.21. The molecule has 0 saturated carbocycles. The lowest BCUT2D eigenvalue weighted by molar-refractivity contribution is -0.740. The molecule has 8 heteroatoms. The lowest BCUT2D eigenvalue weighted by atomic mass is 10.6. The number of alkyl halides is 1. The summed E-state index contributed by atoms with van der Waals surface area (Å²) in [5.41, 5.74) is 0. The third-order valence-electron chi connectivity index (χ3n) is 0.626. The monoisotopic (exact) mass is 209 g/mol. The van der Waals surface area contributed by atoms with Crippen LogP contribution in [0, 0.1) is 31.6 Å². The average molecular weight is 210 g/mol. The van der Waals surface area contributed by atoms with Crippen molar-refractivity contribution in [2.45, 2.75) is 4.57 Å². The van der Waals surface area contributed by atoms with E-state index in [1.165, 1.54) is 0 Å². The number of nitrogens with zero attached hydrogens (tertiary/aromatic N) is 3. The summed E-state index contributed by atoms with van der Waals surface area (Å²) in [7, 11) is 0. The molecule has 0 aromatic carbocycles.